The molecule has 0 spiro atoms. The maximum absolute atomic E-state index is 12.0. The average Bonchev–Trinajstić information content (AvgIpc) is 2.81. The maximum atomic E-state index is 12.0. The van der Waals surface area contributed by atoms with Gasteiger partial charge in [0.15, 0.2) is 0 Å². The summed E-state index contributed by atoms with van der Waals surface area (Å²) < 4.78 is 12.3. The van der Waals surface area contributed by atoms with Gasteiger partial charge in [0, 0.05) is 31.1 Å². The molecule has 0 aromatic heterocycles. The van der Waals surface area contributed by atoms with Gasteiger partial charge in [0.1, 0.15) is 5.75 Å². The summed E-state index contributed by atoms with van der Waals surface area (Å²) in [6.07, 6.45) is 9.98. The SMILES string of the molecule is COCCN(C(C)=O)[C@H]1CC[C@H](CCN2CCC(Cc3cc(OC(C)C)ccc3Br)CC2)CC1. The third-order valence-corrected chi connectivity index (χ3v) is 8.43. The van der Waals surface area contributed by atoms with E-state index >= 15 is 0 Å². The Labute approximate surface area is 215 Å². The molecular weight excluding hydrogens is 492 g/mol. The normalized spacial score (nSPS) is 22.2. The van der Waals surface area contributed by atoms with Crippen molar-refractivity contribution in [2.75, 3.05) is 39.9 Å². The van der Waals surface area contributed by atoms with Crippen LogP contribution in [0.2, 0.25) is 0 Å². The van der Waals surface area contributed by atoms with Gasteiger partial charge in [-0.15, -0.1) is 0 Å². The second-order valence-corrected chi connectivity index (χ2v) is 11.4. The first kappa shape index (κ1) is 27.5. The van der Waals surface area contributed by atoms with Crippen molar-refractivity contribution in [1.82, 2.24) is 9.80 Å². The summed E-state index contributed by atoms with van der Waals surface area (Å²) >= 11 is 3.74. The minimum absolute atomic E-state index is 0.189. The van der Waals surface area contributed by atoms with E-state index in [1.807, 2.05) is 4.90 Å². The van der Waals surface area contributed by atoms with E-state index in [1.165, 1.54) is 61.8 Å². The van der Waals surface area contributed by atoms with Crippen LogP contribution in [0.1, 0.15) is 71.3 Å². The molecule has 1 aromatic rings. The fraction of sp³-hybridized carbons (Fsp3) is 0.750. The molecule has 0 atom stereocenters. The van der Waals surface area contributed by atoms with E-state index in [-0.39, 0.29) is 12.0 Å². The van der Waals surface area contributed by atoms with Crippen LogP contribution in [0, 0.1) is 11.8 Å². The Morgan fingerprint density at radius 1 is 1.12 bits per heavy atom. The highest BCUT2D eigenvalue weighted by molar-refractivity contribution is 9.10. The molecule has 0 bridgehead atoms. The molecule has 1 saturated heterocycles. The molecule has 34 heavy (non-hydrogen) atoms. The Balaban J connectivity index is 1.37. The van der Waals surface area contributed by atoms with Crippen LogP contribution in [0.25, 0.3) is 0 Å². The number of hydrogen-bond acceptors (Lipinski definition) is 4. The molecule has 3 rings (SSSR count). The second kappa shape index (κ2) is 13.8. The van der Waals surface area contributed by atoms with E-state index in [4.69, 9.17) is 9.47 Å². The van der Waals surface area contributed by atoms with Gasteiger partial charge in [-0.05, 0) is 120 Å². The summed E-state index contributed by atoms with van der Waals surface area (Å²) in [5, 5.41) is 0. The first-order valence-corrected chi connectivity index (χ1v) is 14.1. The third kappa shape index (κ3) is 8.53. The average molecular weight is 538 g/mol. The van der Waals surface area contributed by atoms with Crippen LogP contribution in [-0.2, 0) is 16.0 Å². The molecule has 1 aliphatic heterocycles. The van der Waals surface area contributed by atoms with Crippen molar-refractivity contribution in [3.8, 4) is 5.75 Å². The van der Waals surface area contributed by atoms with Crippen LogP contribution < -0.4 is 4.74 Å². The highest BCUT2D eigenvalue weighted by Gasteiger charge is 2.28. The van der Waals surface area contributed by atoms with E-state index in [0.717, 1.165) is 43.4 Å². The number of halogens is 1. The minimum atomic E-state index is 0.189. The predicted octanol–water partition coefficient (Wildman–Crippen LogP) is 5.93. The molecule has 6 heteroatoms. The van der Waals surface area contributed by atoms with Crippen molar-refractivity contribution >= 4 is 21.8 Å². The van der Waals surface area contributed by atoms with Crippen LogP contribution in [0.5, 0.6) is 5.75 Å². The van der Waals surface area contributed by atoms with Crippen molar-refractivity contribution in [3.05, 3.63) is 28.2 Å². The van der Waals surface area contributed by atoms with Crippen LogP contribution in [-0.4, -0.2) is 67.7 Å². The first-order chi connectivity index (χ1) is 16.4. The monoisotopic (exact) mass is 536 g/mol. The molecule has 1 saturated carbocycles. The Morgan fingerprint density at radius 3 is 2.44 bits per heavy atom. The van der Waals surface area contributed by atoms with Crippen molar-refractivity contribution in [1.29, 1.82) is 0 Å². The van der Waals surface area contributed by atoms with Crippen molar-refractivity contribution in [2.24, 2.45) is 11.8 Å². The largest absolute Gasteiger partial charge is 0.491 e. The number of likely N-dealkylation sites (tertiary alicyclic amines) is 1. The van der Waals surface area contributed by atoms with Gasteiger partial charge >= 0.3 is 0 Å². The van der Waals surface area contributed by atoms with Crippen molar-refractivity contribution in [3.63, 3.8) is 0 Å². The molecule has 0 unspecified atom stereocenters. The quantitative estimate of drug-likeness (QED) is 0.351. The lowest BCUT2D eigenvalue weighted by molar-refractivity contribution is -0.132. The highest BCUT2D eigenvalue weighted by atomic mass is 79.9. The van der Waals surface area contributed by atoms with E-state index in [2.05, 4.69) is 52.9 Å². The van der Waals surface area contributed by atoms with Gasteiger partial charge in [-0.2, -0.15) is 0 Å². The number of carbonyl (C=O) groups is 1. The standard InChI is InChI=1S/C28H45BrN2O3/c1-21(2)34-27-9-10-28(29)25(20-27)19-24-12-15-30(16-13-24)14-11-23-5-7-26(8-6-23)31(22(3)32)17-18-33-4/h9-10,20-21,23-24,26H,5-8,11-19H2,1-4H3/t23-,26-. The molecule has 1 aliphatic carbocycles. The number of hydrogen-bond donors (Lipinski definition) is 0. The van der Waals surface area contributed by atoms with Gasteiger partial charge in [-0.25, -0.2) is 0 Å². The summed E-state index contributed by atoms with van der Waals surface area (Å²) in [4.78, 5) is 16.7. The summed E-state index contributed by atoms with van der Waals surface area (Å²) in [6.45, 7) is 10.9. The van der Waals surface area contributed by atoms with Crippen LogP contribution in [0.3, 0.4) is 0 Å². The fourth-order valence-corrected chi connectivity index (χ4v) is 6.08. The van der Waals surface area contributed by atoms with E-state index in [9.17, 15) is 4.79 Å². The first-order valence-electron chi connectivity index (χ1n) is 13.3. The number of carbonyl (C=O) groups excluding carboxylic acids is 1. The second-order valence-electron chi connectivity index (χ2n) is 10.6. The van der Waals surface area contributed by atoms with Crippen LogP contribution in [0.15, 0.2) is 22.7 Å². The zero-order valence-electron chi connectivity index (χ0n) is 21.7. The van der Waals surface area contributed by atoms with Gasteiger partial charge in [-0.1, -0.05) is 15.9 Å². The number of rotatable bonds is 11. The van der Waals surface area contributed by atoms with Crippen LogP contribution in [0.4, 0.5) is 0 Å². The zero-order chi connectivity index (χ0) is 24.5. The topological polar surface area (TPSA) is 42.0 Å². The molecule has 0 radical (unpaired) electrons. The summed E-state index contributed by atoms with van der Waals surface area (Å²) in [7, 11) is 1.71. The Morgan fingerprint density at radius 2 is 1.82 bits per heavy atom. The number of methoxy groups -OCH3 is 1. The van der Waals surface area contributed by atoms with Gasteiger partial charge < -0.3 is 19.3 Å². The molecule has 0 N–H and O–H groups in total. The number of amides is 1. The predicted molar refractivity (Wildman–Crippen MR) is 142 cm³/mol. The van der Waals surface area contributed by atoms with Crippen LogP contribution >= 0.6 is 15.9 Å². The lowest BCUT2D eigenvalue weighted by Crippen LogP contribution is -2.43. The van der Waals surface area contributed by atoms with E-state index < -0.39 is 0 Å². The minimum Gasteiger partial charge on any atom is -0.491 e. The molecule has 1 aromatic carbocycles. The summed E-state index contributed by atoms with van der Waals surface area (Å²) in [5.41, 5.74) is 1.37. The smallest absolute Gasteiger partial charge is 0.219 e. The molecule has 2 aliphatic rings. The molecule has 1 heterocycles. The zero-order valence-corrected chi connectivity index (χ0v) is 23.3. The van der Waals surface area contributed by atoms with Crippen molar-refractivity contribution < 1.29 is 14.3 Å². The lowest BCUT2D eigenvalue weighted by Gasteiger charge is -2.37. The third-order valence-electron chi connectivity index (χ3n) is 7.66. The molecular formula is C28H45BrN2O3. The van der Waals surface area contributed by atoms with E-state index in [1.54, 1.807) is 14.0 Å². The van der Waals surface area contributed by atoms with Gasteiger partial charge in [-0.3, -0.25) is 4.79 Å². The molecule has 1 amide bonds. The highest BCUT2D eigenvalue weighted by Crippen LogP contribution is 2.32. The summed E-state index contributed by atoms with van der Waals surface area (Å²) in [5.74, 6) is 2.73. The Kier molecular flexibility index (Phi) is 11.2. The lowest BCUT2D eigenvalue weighted by atomic mass is 9.83. The number of benzene rings is 1. The van der Waals surface area contributed by atoms with Gasteiger partial charge in [0.05, 0.1) is 12.7 Å². The number of nitrogens with zero attached hydrogens (tertiary/aromatic N) is 2. The molecule has 5 nitrogen and oxygen atoms in total. The summed E-state index contributed by atoms with van der Waals surface area (Å²) in [6, 6.07) is 6.81. The van der Waals surface area contributed by atoms with Gasteiger partial charge in [0.2, 0.25) is 5.91 Å². The molecule has 192 valence electrons. The fourth-order valence-electron chi connectivity index (χ4n) is 5.68. The van der Waals surface area contributed by atoms with Gasteiger partial charge in [0.25, 0.3) is 0 Å². The van der Waals surface area contributed by atoms with Crippen molar-refractivity contribution in [2.45, 2.75) is 84.3 Å². The maximum Gasteiger partial charge on any atom is 0.219 e. The number of piperidine rings is 1. The van der Waals surface area contributed by atoms with E-state index in [0.29, 0.717) is 12.6 Å². The Bertz CT molecular complexity index is 756. The Hall–Kier alpha value is -1.11. The molecule has 2 fully saturated rings. The number of ether oxygens (including phenoxy) is 2.